The Balaban J connectivity index is 2.37. The Morgan fingerprint density at radius 2 is 2.28 bits per heavy atom. The van der Waals surface area contributed by atoms with Gasteiger partial charge in [-0.3, -0.25) is 9.58 Å². The number of hydrogen-bond acceptors (Lipinski definition) is 4. The zero-order valence-electron chi connectivity index (χ0n) is 11.8. The zero-order chi connectivity index (χ0) is 13.4. The molecule has 1 aromatic heterocycles. The first-order valence-corrected chi connectivity index (χ1v) is 6.62. The second-order valence-corrected chi connectivity index (χ2v) is 4.58. The van der Waals surface area contributed by atoms with Crippen LogP contribution in [0.4, 0.5) is 0 Å². The number of likely N-dealkylation sites (N-methyl/N-ethyl adjacent to an activating group) is 1. The molecule has 0 atom stereocenters. The third kappa shape index (κ3) is 5.42. The smallest absolute Gasteiger partial charge is 0.0964 e. The van der Waals surface area contributed by atoms with Crippen molar-refractivity contribution in [2.75, 3.05) is 26.2 Å². The lowest BCUT2D eigenvalue weighted by molar-refractivity contribution is 0.291. The van der Waals surface area contributed by atoms with Gasteiger partial charge in [-0.1, -0.05) is 31.2 Å². The highest BCUT2D eigenvalue weighted by molar-refractivity contribution is 4.93. The van der Waals surface area contributed by atoms with Crippen molar-refractivity contribution in [3.8, 4) is 0 Å². The second-order valence-electron chi connectivity index (χ2n) is 4.58. The molecule has 0 saturated heterocycles. The SMILES string of the molecule is C=C(C)CN(CC)CCn1cc(CNCC)nn1. The van der Waals surface area contributed by atoms with Crippen LogP contribution in [-0.2, 0) is 13.1 Å². The molecule has 0 radical (unpaired) electrons. The van der Waals surface area contributed by atoms with E-state index in [4.69, 9.17) is 0 Å². The van der Waals surface area contributed by atoms with Crippen molar-refractivity contribution in [1.29, 1.82) is 0 Å². The highest BCUT2D eigenvalue weighted by Gasteiger charge is 2.04. The average Bonchev–Trinajstić information content (AvgIpc) is 2.79. The molecule has 1 rings (SSSR count). The highest BCUT2D eigenvalue weighted by atomic mass is 15.4. The van der Waals surface area contributed by atoms with Gasteiger partial charge in [-0.2, -0.15) is 0 Å². The number of nitrogens with zero attached hydrogens (tertiary/aromatic N) is 4. The molecular weight excluding hydrogens is 226 g/mol. The van der Waals surface area contributed by atoms with Crippen molar-refractivity contribution < 1.29 is 0 Å². The predicted octanol–water partition coefficient (Wildman–Crippen LogP) is 1.29. The summed E-state index contributed by atoms with van der Waals surface area (Å²) in [5.74, 6) is 0. The van der Waals surface area contributed by atoms with Crippen molar-refractivity contribution in [2.24, 2.45) is 0 Å². The van der Waals surface area contributed by atoms with E-state index in [0.717, 1.165) is 45.0 Å². The zero-order valence-corrected chi connectivity index (χ0v) is 11.8. The fourth-order valence-electron chi connectivity index (χ4n) is 1.76. The molecule has 0 fully saturated rings. The minimum atomic E-state index is 0.791. The van der Waals surface area contributed by atoms with Gasteiger partial charge >= 0.3 is 0 Å². The standard InChI is InChI=1S/C13H25N5/c1-5-14-9-13-11-18(16-15-13)8-7-17(6-2)10-12(3)4/h11,14H,3,5-10H2,1-2,4H3. The number of aromatic nitrogens is 3. The quantitative estimate of drug-likeness (QED) is 0.672. The summed E-state index contributed by atoms with van der Waals surface area (Å²) in [6.45, 7) is 15.9. The largest absolute Gasteiger partial charge is 0.311 e. The lowest BCUT2D eigenvalue weighted by Gasteiger charge is -2.19. The second kappa shape index (κ2) is 8.00. The number of rotatable bonds is 9. The fourth-order valence-corrected chi connectivity index (χ4v) is 1.76. The Labute approximate surface area is 110 Å². The Kier molecular flexibility index (Phi) is 6.60. The maximum absolute atomic E-state index is 4.13. The van der Waals surface area contributed by atoms with Crippen molar-refractivity contribution in [3.63, 3.8) is 0 Å². The third-order valence-corrected chi connectivity index (χ3v) is 2.73. The van der Waals surface area contributed by atoms with Crippen LogP contribution >= 0.6 is 0 Å². The molecule has 5 nitrogen and oxygen atoms in total. The van der Waals surface area contributed by atoms with Crippen molar-refractivity contribution in [3.05, 3.63) is 24.0 Å². The van der Waals surface area contributed by atoms with Crippen LogP contribution in [0.3, 0.4) is 0 Å². The molecule has 5 heteroatoms. The van der Waals surface area contributed by atoms with Crippen LogP contribution in [0.1, 0.15) is 26.5 Å². The Morgan fingerprint density at radius 1 is 1.50 bits per heavy atom. The highest BCUT2D eigenvalue weighted by Crippen LogP contribution is 1.98. The normalized spacial score (nSPS) is 11.1. The van der Waals surface area contributed by atoms with Crippen LogP contribution in [-0.4, -0.2) is 46.1 Å². The molecule has 0 bridgehead atoms. The molecule has 0 aliphatic rings. The molecule has 102 valence electrons. The van der Waals surface area contributed by atoms with E-state index >= 15 is 0 Å². The van der Waals surface area contributed by atoms with E-state index in [0.29, 0.717) is 0 Å². The van der Waals surface area contributed by atoms with E-state index in [1.54, 1.807) is 0 Å². The summed E-state index contributed by atoms with van der Waals surface area (Å²) in [4.78, 5) is 2.36. The van der Waals surface area contributed by atoms with E-state index in [9.17, 15) is 0 Å². The van der Waals surface area contributed by atoms with E-state index in [1.807, 2.05) is 10.9 Å². The number of nitrogens with one attached hydrogen (secondary N) is 1. The van der Waals surface area contributed by atoms with Crippen LogP contribution in [0.25, 0.3) is 0 Å². The minimum Gasteiger partial charge on any atom is -0.311 e. The summed E-state index contributed by atoms with van der Waals surface area (Å²) < 4.78 is 1.91. The molecule has 0 unspecified atom stereocenters. The van der Waals surface area contributed by atoms with Crippen LogP contribution in [0.2, 0.25) is 0 Å². The van der Waals surface area contributed by atoms with E-state index in [-0.39, 0.29) is 0 Å². The Bertz CT molecular complexity index is 358. The van der Waals surface area contributed by atoms with Gasteiger partial charge in [0.1, 0.15) is 0 Å². The molecule has 0 aliphatic carbocycles. The van der Waals surface area contributed by atoms with Crippen LogP contribution in [0, 0.1) is 0 Å². The molecule has 1 heterocycles. The van der Waals surface area contributed by atoms with Gasteiger partial charge in [0.05, 0.1) is 12.2 Å². The molecule has 1 N–H and O–H groups in total. The minimum absolute atomic E-state index is 0.791. The van der Waals surface area contributed by atoms with Gasteiger partial charge in [-0.25, -0.2) is 0 Å². The first kappa shape index (κ1) is 14.9. The number of hydrogen-bond donors (Lipinski definition) is 1. The van der Waals surface area contributed by atoms with Crippen molar-refractivity contribution in [1.82, 2.24) is 25.2 Å². The van der Waals surface area contributed by atoms with Gasteiger partial charge in [-0.15, -0.1) is 5.10 Å². The summed E-state index contributed by atoms with van der Waals surface area (Å²) in [5.41, 5.74) is 2.20. The van der Waals surface area contributed by atoms with E-state index in [2.05, 4.69) is 47.9 Å². The lowest BCUT2D eigenvalue weighted by Crippen LogP contribution is -2.29. The summed E-state index contributed by atoms with van der Waals surface area (Å²) in [5, 5.41) is 11.5. The third-order valence-electron chi connectivity index (χ3n) is 2.73. The molecule has 0 saturated carbocycles. The lowest BCUT2D eigenvalue weighted by atomic mass is 10.3. The molecule has 0 aliphatic heterocycles. The molecular formula is C13H25N5. The molecule has 0 aromatic carbocycles. The Morgan fingerprint density at radius 3 is 2.89 bits per heavy atom. The van der Waals surface area contributed by atoms with Gasteiger partial charge in [0, 0.05) is 25.8 Å². The van der Waals surface area contributed by atoms with Gasteiger partial charge in [-0.05, 0) is 20.0 Å². The van der Waals surface area contributed by atoms with Crippen LogP contribution in [0.15, 0.2) is 18.3 Å². The summed E-state index contributed by atoms with van der Waals surface area (Å²) >= 11 is 0. The van der Waals surface area contributed by atoms with Crippen LogP contribution in [0.5, 0.6) is 0 Å². The van der Waals surface area contributed by atoms with Crippen molar-refractivity contribution >= 4 is 0 Å². The molecule has 0 amide bonds. The molecule has 1 aromatic rings. The maximum atomic E-state index is 4.13. The maximum Gasteiger partial charge on any atom is 0.0964 e. The van der Waals surface area contributed by atoms with Gasteiger partial charge < -0.3 is 5.32 Å². The first-order valence-electron chi connectivity index (χ1n) is 6.62. The average molecular weight is 251 g/mol. The Hall–Kier alpha value is -1.20. The van der Waals surface area contributed by atoms with Gasteiger partial charge in [0.2, 0.25) is 0 Å². The van der Waals surface area contributed by atoms with Crippen molar-refractivity contribution in [2.45, 2.75) is 33.9 Å². The fraction of sp³-hybridized carbons (Fsp3) is 0.692. The monoisotopic (exact) mass is 251 g/mol. The molecule has 0 spiro atoms. The van der Waals surface area contributed by atoms with Gasteiger partial charge in [0.15, 0.2) is 0 Å². The van der Waals surface area contributed by atoms with Crippen LogP contribution < -0.4 is 5.32 Å². The summed E-state index contributed by atoms with van der Waals surface area (Å²) in [6.07, 6.45) is 2.01. The summed E-state index contributed by atoms with van der Waals surface area (Å²) in [6, 6.07) is 0. The predicted molar refractivity (Wildman–Crippen MR) is 74.3 cm³/mol. The van der Waals surface area contributed by atoms with E-state index < -0.39 is 0 Å². The summed E-state index contributed by atoms with van der Waals surface area (Å²) in [7, 11) is 0. The first-order chi connectivity index (χ1) is 8.65. The van der Waals surface area contributed by atoms with E-state index in [1.165, 1.54) is 5.57 Å². The topological polar surface area (TPSA) is 46.0 Å². The van der Waals surface area contributed by atoms with Gasteiger partial charge in [0.25, 0.3) is 0 Å². The molecule has 18 heavy (non-hydrogen) atoms.